The quantitative estimate of drug-likeness (QED) is 0.778. The van der Waals surface area contributed by atoms with Gasteiger partial charge in [-0.15, -0.1) is 0 Å². The van der Waals surface area contributed by atoms with Crippen LogP contribution in [0.2, 0.25) is 0 Å². The molecule has 1 aromatic carbocycles. The number of fused-ring (bicyclic) bond motifs is 1. The van der Waals surface area contributed by atoms with Gasteiger partial charge < -0.3 is 10.1 Å². The minimum Gasteiger partial charge on any atom is -0.492 e. The summed E-state index contributed by atoms with van der Waals surface area (Å²) in [7, 11) is -1.80. The van der Waals surface area contributed by atoms with Gasteiger partial charge in [0.15, 0.2) is 0 Å². The molecule has 0 aliphatic carbocycles. The Kier molecular flexibility index (Phi) is 3.48. The number of sulfonamides is 1. The molecule has 0 unspecified atom stereocenters. The van der Waals surface area contributed by atoms with E-state index in [4.69, 9.17) is 4.74 Å². The Morgan fingerprint density at radius 3 is 2.70 bits per heavy atom. The van der Waals surface area contributed by atoms with Crippen LogP contribution in [0.4, 0.5) is 0 Å². The highest BCUT2D eigenvalue weighted by Gasteiger charge is 2.40. The lowest BCUT2D eigenvalue weighted by Gasteiger charge is -2.41. The zero-order valence-electron chi connectivity index (χ0n) is 11.6. The number of hydrogen-bond donors (Lipinski definition) is 1. The summed E-state index contributed by atoms with van der Waals surface area (Å²) in [5, 5.41) is 3.32. The zero-order valence-corrected chi connectivity index (χ0v) is 12.4. The smallest absolute Gasteiger partial charge is 0.246 e. The minimum absolute atomic E-state index is 0.0827. The van der Waals surface area contributed by atoms with Gasteiger partial charge in [0, 0.05) is 19.0 Å². The van der Waals surface area contributed by atoms with Crippen molar-refractivity contribution in [1.82, 2.24) is 9.62 Å². The summed E-state index contributed by atoms with van der Waals surface area (Å²) in [4.78, 5) is 0.270. The van der Waals surface area contributed by atoms with Crippen LogP contribution >= 0.6 is 0 Å². The lowest BCUT2D eigenvalue weighted by molar-refractivity contribution is 0.0810. The number of rotatable bonds is 0. The highest BCUT2D eigenvalue weighted by Crippen LogP contribution is 2.37. The fourth-order valence-corrected chi connectivity index (χ4v) is 4.46. The fraction of sp³-hybridized carbons (Fsp3) is 0.571. The van der Waals surface area contributed by atoms with Gasteiger partial charge in [-0.2, -0.15) is 0 Å². The number of piperidine rings is 1. The number of para-hydroxylation sites is 1. The number of ether oxygens (including phenoxy) is 1. The maximum Gasteiger partial charge on any atom is 0.246 e. The maximum absolute atomic E-state index is 12.6. The number of nitrogens with one attached hydrogen (secondary N) is 1. The first-order valence-corrected chi connectivity index (χ1v) is 8.37. The Bertz CT molecular complexity index is 594. The molecule has 0 radical (unpaired) electrons. The summed E-state index contributed by atoms with van der Waals surface area (Å²) in [6.07, 6.45) is 1.88. The van der Waals surface area contributed by atoms with Crippen LogP contribution in [0.15, 0.2) is 29.2 Å². The molecule has 2 aliphatic rings. The van der Waals surface area contributed by atoms with Crippen molar-refractivity contribution in [2.75, 3.05) is 33.3 Å². The van der Waals surface area contributed by atoms with Crippen molar-refractivity contribution in [2.45, 2.75) is 17.7 Å². The predicted octanol–water partition coefficient (Wildman–Crippen LogP) is 1.07. The molecule has 0 amide bonds. The molecule has 110 valence electrons. The highest BCUT2D eigenvalue weighted by molar-refractivity contribution is 7.89. The molecule has 1 saturated heterocycles. The third kappa shape index (κ3) is 2.32. The average Bonchev–Trinajstić information content (AvgIpc) is 2.45. The van der Waals surface area contributed by atoms with E-state index in [1.165, 1.54) is 4.31 Å². The first-order valence-electron chi connectivity index (χ1n) is 6.92. The molecule has 3 rings (SSSR count). The summed E-state index contributed by atoms with van der Waals surface area (Å²) in [6, 6.07) is 6.89. The number of nitrogens with zero attached hydrogens (tertiary/aromatic N) is 1. The van der Waals surface area contributed by atoms with E-state index in [1.807, 2.05) is 6.07 Å². The third-order valence-electron chi connectivity index (χ3n) is 4.29. The Morgan fingerprint density at radius 2 is 1.95 bits per heavy atom. The van der Waals surface area contributed by atoms with Crippen LogP contribution in [0.1, 0.15) is 12.8 Å². The minimum atomic E-state index is -3.47. The van der Waals surface area contributed by atoms with E-state index in [0.717, 1.165) is 25.9 Å². The highest BCUT2D eigenvalue weighted by atomic mass is 32.2. The summed E-state index contributed by atoms with van der Waals surface area (Å²) in [5.74, 6) is 0.469. The molecule has 0 aromatic heterocycles. The molecule has 20 heavy (non-hydrogen) atoms. The largest absolute Gasteiger partial charge is 0.492 e. The Morgan fingerprint density at radius 1 is 1.25 bits per heavy atom. The maximum atomic E-state index is 12.6. The van der Waals surface area contributed by atoms with Gasteiger partial charge in [0.1, 0.15) is 10.6 Å². The van der Waals surface area contributed by atoms with Crippen LogP contribution in [-0.2, 0) is 10.0 Å². The Hall–Kier alpha value is -1.11. The summed E-state index contributed by atoms with van der Waals surface area (Å²) < 4.78 is 32.6. The van der Waals surface area contributed by atoms with Crippen molar-refractivity contribution >= 4 is 10.0 Å². The Balaban J connectivity index is 2.02. The molecule has 1 aromatic rings. The summed E-state index contributed by atoms with van der Waals surface area (Å²) in [6.45, 7) is 2.93. The molecule has 5 nitrogen and oxygen atoms in total. The van der Waals surface area contributed by atoms with E-state index in [1.54, 1.807) is 25.2 Å². The monoisotopic (exact) mass is 296 g/mol. The van der Waals surface area contributed by atoms with Gasteiger partial charge in [-0.1, -0.05) is 12.1 Å². The standard InChI is InChI=1S/C14H20N2O3S/c1-16-10-14(6-8-15-9-7-14)11-19-12-4-2-3-5-13(12)20(16,17)18/h2-5,15H,6-11H2,1H3. The van der Waals surface area contributed by atoms with Crippen molar-refractivity contribution in [3.63, 3.8) is 0 Å². The van der Waals surface area contributed by atoms with Gasteiger partial charge in [-0.25, -0.2) is 12.7 Å². The van der Waals surface area contributed by atoms with E-state index in [-0.39, 0.29) is 10.3 Å². The summed E-state index contributed by atoms with van der Waals surface area (Å²) in [5.41, 5.74) is -0.0827. The molecule has 0 atom stereocenters. The molecular weight excluding hydrogens is 276 g/mol. The van der Waals surface area contributed by atoms with E-state index < -0.39 is 10.0 Å². The fourth-order valence-electron chi connectivity index (χ4n) is 3.04. The lowest BCUT2D eigenvalue weighted by atomic mass is 9.79. The number of hydrogen-bond acceptors (Lipinski definition) is 4. The molecule has 1 fully saturated rings. The van der Waals surface area contributed by atoms with Gasteiger partial charge in [-0.3, -0.25) is 0 Å². The second-order valence-electron chi connectivity index (χ2n) is 5.75. The molecule has 2 aliphatic heterocycles. The van der Waals surface area contributed by atoms with Crippen molar-refractivity contribution in [3.05, 3.63) is 24.3 Å². The zero-order chi connectivity index (χ0) is 14.2. The van der Waals surface area contributed by atoms with Gasteiger partial charge in [0.25, 0.3) is 0 Å². The third-order valence-corrected chi connectivity index (χ3v) is 6.14. The van der Waals surface area contributed by atoms with Gasteiger partial charge in [0.05, 0.1) is 6.61 Å². The van der Waals surface area contributed by atoms with Crippen LogP contribution in [0, 0.1) is 5.41 Å². The average molecular weight is 296 g/mol. The molecule has 0 saturated carbocycles. The molecule has 1 spiro atoms. The molecule has 6 heteroatoms. The van der Waals surface area contributed by atoms with E-state index >= 15 is 0 Å². The van der Waals surface area contributed by atoms with Crippen molar-refractivity contribution < 1.29 is 13.2 Å². The van der Waals surface area contributed by atoms with Crippen molar-refractivity contribution in [3.8, 4) is 5.75 Å². The normalized spacial score (nSPS) is 25.2. The van der Waals surface area contributed by atoms with Crippen LogP contribution < -0.4 is 10.1 Å². The van der Waals surface area contributed by atoms with Crippen LogP contribution in [-0.4, -0.2) is 46.0 Å². The number of benzene rings is 1. The Labute approximate surface area is 120 Å². The van der Waals surface area contributed by atoms with Gasteiger partial charge in [-0.05, 0) is 38.1 Å². The first kappa shape index (κ1) is 13.9. The second kappa shape index (κ2) is 5.02. The van der Waals surface area contributed by atoms with E-state index in [9.17, 15) is 8.42 Å². The lowest BCUT2D eigenvalue weighted by Crippen LogP contribution is -2.49. The van der Waals surface area contributed by atoms with E-state index in [2.05, 4.69) is 5.32 Å². The first-order chi connectivity index (χ1) is 9.54. The topological polar surface area (TPSA) is 58.6 Å². The van der Waals surface area contributed by atoms with E-state index in [0.29, 0.717) is 18.9 Å². The van der Waals surface area contributed by atoms with Gasteiger partial charge in [0.2, 0.25) is 10.0 Å². The SMILES string of the molecule is CN1CC2(CCNCC2)COc2ccccc2S1(=O)=O. The van der Waals surface area contributed by atoms with Crippen molar-refractivity contribution in [2.24, 2.45) is 5.41 Å². The van der Waals surface area contributed by atoms with Gasteiger partial charge >= 0.3 is 0 Å². The predicted molar refractivity (Wildman–Crippen MR) is 76.3 cm³/mol. The van der Waals surface area contributed by atoms with Crippen molar-refractivity contribution in [1.29, 1.82) is 0 Å². The molecule has 2 heterocycles. The van der Waals surface area contributed by atoms with Crippen LogP contribution in [0.25, 0.3) is 0 Å². The van der Waals surface area contributed by atoms with Crippen LogP contribution in [0.3, 0.4) is 0 Å². The summed E-state index contributed by atoms with van der Waals surface area (Å²) >= 11 is 0. The molecule has 0 bridgehead atoms. The molecule has 1 N–H and O–H groups in total. The van der Waals surface area contributed by atoms with Crippen LogP contribution in [0.5, 0.6) is 5.75 Å². The molecular formula is C14H20N2O3S. The second-order valence-corrected chi connectivity index (χ2v) is 7.76.